The fraction of sp³-hybridized carbons (Fsp3) is 1.00. The average molecular weight is 262 g/mol. The molecule has 0 spiro atoms. The molecule has 0 heterocycles. The largest absolute Gasteiger partial charge is 0.402 e. The van der Waals surface area contributed by atoms with Gasteiger partial charge in [0.1, 0.15) is 6.54 Å². The van der Waals surface area contributed by atoms with Gasteiger partial charge in [-0.1, -0.05) is 17.7 Å². The standard InChI is InChI=1S/C7H13F3N2O3S/c8-7(9,10)5-11-16(13,14)12-15-6-3-1-2-4-6/h6,11-12H,1-5H2. The SMILES string of the molecule is O=S(=O)(NCC(F)(F)F)NOC1CCCC1. The lowest BCUT2D eigenvalue weighted by molar-refractivity contribution is -0.121. The van der Waals surface area contributed by atoms with Crippen molar-refractivity contribution in [3.05, 3.63) is 0 Å². The predicted molar refractivity (Wildman–Crippen MR) is 49.5 cm³/mol. The van der Waals surface area contributed by atoms with Gasteiger partial charge in [0.25, 0.3) is 10.2 Å². The maximum atomic E-state index is 11.7. The quantitative estimate of drug-likeness (QED) is 0.722. The Kier molecular flexibility index (Phi) is 4.53. The second-order valence-corrected chi connectivity index (χ2v) is 5.01. The smallest absolute Gasteiger partial charge is 0.283 e. The van der Waals surface area contributed by atoms with Crippen molar-refractivity contribution in [3.63, 3.8) is 0 Å². The molecule has 1 saturated carbocycles. The van der Waals surface area contributed by atoms with E-state index in [1.54, 1.807) is 4.89 Å². The van der Waals surface area contributed by atoms with Crippen LogP contribution in [0.15, 0.2) is 0 Å². The zero-order valence-electron chi connectivity index (χ0n) is 8.38. The average Bonchev–Trinajstić information content (AvgIpc) is 2.64. The summed E-state index contributed by atoms with van der Waals surface area (Å²) in [5.41, 5.74) is 0. The Morgan fingerprint density at radius 3 is 2.31 bits per heavy atom. The number of rotatable bonds is 5. The van der Waals surface area contributed by atoms with E-state index in [0.29, 0.717) is 12.8 Å². The Balaban J connectivity index is 2.28. The highest BCUT2D eigenvalue weighted by Gasteiger charge is 2.30. The molecule has 0 atom stereocenters. The lowest BCUT2D eigenvalue weighted by atomic mass is 10.3. The van der Waals surface area contributed by atoms with Gasteiger partial charge in [0.2, 0.25) is 0 Å². The van der Waals surface area contributed by atoms with Crippen molar-refractivity contribution in [3.8, 4) is 0 Å². The van der Waals surface area contributed by atoms with Crippen LogP contribution in [0.2, 0.25) is 0 Å². The van der Waals surface area contributed by atoms with E-state index in [1.165, 1.54) is 4.72 Å². The van der Waals surface area contributed by atoms with Crippen LogP contribution in [0.5, 0.6) is 0 Å². The van der Waals surface area contributed by atoms with E-state index in [1.807, 2.05) is 0 Å². The maximum absolute atomic E-state index is 11.7. The second kappa shape index (κ2) is 5.30. The molecule has 0 aromatic heterocycles. The molecule has 96 valence electrons. The summed E-state index contributed by atoms with van der Waals surface area (Å²) in [5, 5.41) is 0. The van der Waals surface area contributed by atoms with Crippen LogP contribution in [-0.2, 0) is 15.0 Å². The summed E-state index contributed by atoms with van der Waals surface area (Å²) in [6.45, 7) is -1.61. The second-order valence-electron chi connectivity index (χ2n) is 3.55. The van der Waals surface area contributed by atoms with E-state index in [2.05, 4.69) is 0 Å². The maximum Gasteiger partial charge on any atom is 0.402 e. The van der Waals surface area contributed by atoms with Gasteiger partial charge in [-0.2, -0.15) is 26.3 Å². The van der Waals surface area contributed by atoms with Gasteiger partial charge in [0, 0.05) is 0 Å². The minimum atomic E-state index is -4.58. The van der Waals surface area contributed by atoms with Crippen LogP contribution < -0.4 is 9.61 Å². The molecule has 0 unspecified atom stereocenters. The van der Waals surface area contributed by atoms with E-state index in [0.717, 1.165) is 12.8 Å². The number of halogens is 3. The van der Waals surface area contributed by atoms with Gasteiger partial charge in [-0.05, 0) is 12.8 Å². The molecule has 2 N–H and O–H groups in total. The van der Waals surface area contributed by atoms with E-state index in [4.69, 9.17) is 4.84 Å². The minimum Gasteiger partial charge on any atom is -0.283 e. The molecule has 0 bridgehead atoms. The van der Waals surface area contributed by atoms with Crippen LogP contribution in [-0.4, -0.2) is 27.2 Å². The molecule has 1 fully saturated rings. The highest BCUT2D eigenvalue weighted by molar-refractivity contribution is 7.87. The first-order valence-electron chi connectivity index (χ1n) is 4.77. The van der Waals surface area contributed by atoms with Gasteiger partial charge in [-0.15, -0.1) is 0 Å². The summed E-state index contributed by atoms with van der Waals surface area (Å²) in [7, 11) is -4.24. The van der Waals surface area contributed by atoms with Crippen molar-refractivity contribution in [2.24, 2.45) is 0 Å². The highest BCUT2D eigenvalue weighted by Crippen LogP contribution is 2.20. The van der Waals surface area contributed by atoms with E-state index < -0.39 is 22.9 Å². The minimum absolute atomic E-state index is 0.248. The lowest BCUT2D eigenvalue weighted by Crippen LogP contribution is -2.42. The van der Waals surface area contributed by atoms with Crippen molar-refractivity contribution in [1.29, 1.82) is 0 Å². The summed E-state index contributed by atoms with van der Waals surface area (Å²) in [6.07, 6.45) is -1.54. The Morgan fingerprint density at radius 2 is 1.81 bits per heavy atom. The Morgan fingerprint density at radius 1 is 1.25 bits per heavy atom. The summed E-state index contributed by atoms with van der Waals surface area (Å²) in [6, 6.07) is 0. The number of alkyl halides is 3. The Bertz CT molecular complexity index is 311. The molecule has 9 heteroatoms. The fourth-order valence-corrected chi connectivity index (χ4v) is 2.02. The number of nitrogens with one attached hydrogen (secondary N) is 2. The van der Waals surface area contributed by atoms with Crippen LogP contribution in [0.25, 0.3) is 0 Å². The monoisotopic (exact) mass is 262 g/mol. The van der Waals surface area contributed by atoms with Crippen LogP contribution in [0, 0.1) is 0 Å². The van der Waals surface area contributed by atoms with Gasteiger partial charge in [-0.3, -0.25) is 4.84 Å². The molecule has 1 aliphatic rings. The molecular formula is C7H13F3N2O3S. The third kappa shape index (κ3) is 5.64. The van der Waals surface area contributed by atoms with Gasteiger partial charge in [-0.25, -0.2) is 0 Å². The van der Waals surface area contributed by atoms with Gasteiger partial charge in [0.05, 0.1) is 6.10 Å². The third-order valence-corrected chi connectivity index (χ3v) is 2.93. The molecule has 0 saturated heterocycles. The van der Waals surface area contributed by atoms with Crippen molar-refractivity contribution >= 4 is 10.2 Å². The summed E-state index contributed by atoms with van der Waals surface area (Å²) in [5.74, 6) is 0. The molecule has 1 aliphatic carbocycles. The van der Waals surface area contributed by atoms with Crippen LogP contribution in [0.3, 0.4) is 0 Å². The zero-order chi connectivity index (χ0) is 12.2. The number of hydrogen-bond donors (Lipinski definition) is 2. The van der Waals surface area contributed by atoms with Gasteiger partial charge in [0.15, 0.2) is 0 Å². The third-order valence-electron chi connectivity index (χ3n) is 2.09. The van der Waals surface area contributed by atoms with Gasteiger partial charge >= 0.3 is 6.18 Å². The first-order valence-corrected chi connectivity index (χ1v) is 6.26. The Hall–Kier alpha value is -0.380. The lowest BCUT2D eigenvalue weighted by Gasteiger charge is -2.13. The topological polar surface area (TPSA) is 67.4 Å². The van der Waals surface area contributed by atoms with E-state index in [9.17, 15) is 21.6 Å². The molecule has 16 heavy (non-hydrogen) atoms. The van der Waals surface area contributed by atoms with Crippen LogP contribution in [0.1, 0.15) is 25.7 Å². The van der Waals surface area contributed by atoms with Crippen LogP contribution in [0.4, 0.5) is 13.2 Å². The normalized spacial score (nSPS) is 19.2. The van der Waals surface area contributed by atoms with E-state index in [-0.39, 0.29) is 6.10 Å². The van der Waals surface area contributed by atoms with Crippen molar-refractivity contribution in [1.82, 2.24) is 9.61 Å². The molecule has 0 radical (unpaired) electrons. The van der Waals surface area contributed by atoms with Gasteiger partial charge < -0.3 is 0 Å². The molecule has 0 aliphatic heterocycles. The zero-order valence-corrected chi connectivity index (χ0v) is 9.20. The molecule has 5 nitrogen and oxygen atoms in total. The van der Waals surface area contributed by atoms with Crippen molar-refractivity contribution in [2.75, 3.05) is 6.54 Å². The predicted octanol–water partition coefficient (Wildman–Crippen LogP) is 0.847. The Labute approximate surface area is 91.5 Å². The molecule has 0 aromatic carbocycles. The molecule has 1 rings (SSSR count). The summed E-state index contributed by atoms with van der Waals surface area (Å²) >= 11 is 0. The molecule has 0 amide bonds. The van der Waals surface area contributed by atoms with Crippen molar-refractivity contribution < 1.29 is 26.4 Å². The molecular weight excluding hydrogens is 249 g/mol. The highest BCUT2D eigenvalue weighted by atomic mass is 32.2. The fourth-order valence-electron chi connectivity index (χ4n) is 1.34. The summed E-state index contributed by atoms with van der Waals surface area (Å²) < 4.78 is 58.5. The van der Waals surface area contributed by atoms with Crippen LogP contribution >= 0.6 is 0 Å². The van der Waals surface area contributed by atoms with E-state index >= 15 is 0 Å². The molecule has 0 aromatic rings. The summed E-state index contributed by atoms with van der Waals surface area (Å²) in [4.78, 5) is 6.40. The van der Waals surface area contributed by atoms with Crippen molar-refractivity contribution in [2.45, 2.75) is 38.0 Å². The first kappa shape index (κ1) is 13.7. The number of hydrogen-bond acceptors (Lipinski definition) is 3. The first-order chi connectivity index (χ1) is 7.29.